The van der Waals surface area contributed by atoms with Crippen LogP contribution in [0.1, 0.15) is 64.2 Å². The molecule has 14 nitrogen and oxygen atoms in total. The smallest absolute Gasteiger partial charge is 0.330 e. The van der Waals surface area contributed by atoms with E-state index in [4.69, 9.17) is 0 Å². The molecule has 2 saturated heterocycles. The zero-order chi connectivity index (χ0) is 24.1. The van der Waals surface area contributed by atoms with Gasteiger partial charge in [-0.05, 0) is 12.8 Å². The maximum atomic E-state index is 11.8. The lowest BCUT2D eigenvalue weighted by atomic mass is 10.1. The predicted octanol–water partition coefficient (Wildman–Crippen LogP) is -0.799. The van der Waals surface area contributed by atoms with Crippen LogP contribution < -0.4 is 0 Å². The van der Waals surface area contributed by atoms with Crippen molar-refractivity contribution in [1.82, 2.24) is 8.61 Å². The fourth-order valence-electron chi connectivity index (χ4n) is 2.90. The Bertz CT molecular complexity index is 931. The van der Waals surface area contributed by atoms with Crippen LogP contribution in [-0.2, 0) is 57.7 Å². The molecule has 16 heteroatoms. The van der Waals surface area contributed by atoms with Crippen molar-refractivity contribution in [1.29, 1.82) is 0 Å². The highest BCUT2D eigenvalue weighted by Crippen LogP contribution is 2.20. The average Bonchev–Trinajstić information content (AvgIpc) is 3.18. The predicted molar refractivity (Wildman–Crippen MR) is 99.9 cm³/mol. The van der Waals surface area contributed by atoms with Crippen LogP contribution in [0, 0.1) is 0 Å². The molecule has 178 valence electrons. The van der Waals surface area contributed by atoms with Gasteiger partial charge in [-0.25, -0.2) is 0 Å². The van der Waals surface area contributed by atoms with Crippen molar-refractivity contribution in [3.63, 3.8) is 0 Å². The topological polar surface area (TPSA) is 196 Å². The van der Waals surface area contributed by atoms with Crippen molar-refractivity contribution in [2.45, 2.75) is 64.2 Å². The number of carbonyl (C=O) groups excluding carboxylic acids is 6. The van der Waals surface area contributed by atoms with E-state index in [-0.39, 0.29) is 60.0 Å². The molecule has 2 aliphatic rings. The Morgan fingerprint density at radius 2 is 0.875 bits per heavy atom. The van der Waals surface area contributed by atoms with Crippen LogP contribution in [0.4, 0.5) is 0 Å². The van der Waals surface area contributed by atoms with Gasteiger partial charge in [0.25, 0.3) is 0 Å². The number of hydrogen-bond donors (Lipinski definition) is 0. The largest absolute Gasteiger partial charge is 0.421 e. The lowest BCUT2D eigenvalue weighted by Gasteiger charge is -2.13. The summed E-state index contributed by atoms with van der Waals surface area (Å²) in [6.07, 6.45) is -0.858. The molecule has 0 unspecified atom stereocenters. The Kier molecular flexibility index (Phi) is 8.06. The van der Waals surface area contributed by atoms with Crippen molar-refractivity contribution in [2.24, 2.45) is 0 Å². The summed E-state index contributed by atoms with van der Waals surface area (Å²) in [5.41, 5.74) is 0. The molecule has 2 fully saturated rings. The summed E-state index contributed by atoms with van der Waals surface area (Å²) in [6, 6.07) is 0. The van der Waals surface area contributed by atoms with E-state index in [0.29, 0.717) is 12.8 Å². The molecule has 0 bridgehead atoms. The van der Waals surface area contributed by atoms with Crippen LogP contribution in [-0.4, -0.2) is 61.0 Å². The molecular weight excluding hydrogens is 476 g/mol. The van der Waals surface area contributed by atoms with E-state index < -0.39 is 56.2 Å². The van der Waals surface area contributed by atoms with Gasteiger partial charge in [0.15, 0.2) is 0 Å². The molecule has 2 rings (SSSR count). The number of amides is 4. The molecule has 0 spiro atoms. The van der Waals surface area contributed by atoms with E-state index in [1.807, 2.05) is 0 Å². The minimum absolute atomic E-state index is 0.0756. The summed E-state index contributed by atoms with van der Waals surface area (Å²) in [5, 5.41) is 0. The summed E-state index contributed by atoms with van der Waals surface area (Å²) < 4.78 is 55.6. The molecule has 0 aromatic carbocycles. The summed E-state index contributed by atoms with van der Waals surface area (Å²) in [7, 11) is -9.67. The molecule has 4 amide bonds. The van der Waals surface area contributed by atoms with Gasteiger partial charge in [0.05, 0.1) is 0 Å². The maximum absolute atomic E-state index is 11.8. The van der Waals surface area contributed by atoms with Gasteiger partial charge in [-0.1, -0.05) is 12.8 Å². The van der Waals surface area contributed by atoms with Crippen molar-refractivity contribution < 1.29 is 54.0 Å². The minimum atomic E-state index is -4.83. The second kappa shape index (κ2) is 10.2. The zero-order valence-electron chi connectivity index (χ0n) is 16.7. The molecule has 2 aliphatic heterocycles. The van der Waals surface area contributed by atoms with Gasteiger partial charge in [-0.3, -0.25) is 28.8 Å². The van der Waals surface area contributed by atoms with E-state index in [1.54, 1.807) is 0 Å². The highest BCUT2D eigenvalue weighted by molar-refractivity contribution is 7.86. The SMILES string of the molecule is O=C(CCCCCCC(=O)OS(=O)(=O)N1C(=O)CCC1=O)OS(=O)(=O)N1C(=O)CCC1=O. The maximum Gasteiger partial charge on any atom is 0.421 e. The molecule has 0 aromatic rings. The summed E-state index contributed by atoms with van der Waals surface area (Å²) >= 11 is 0. The van der Waals surface area contributed by atoms with E-state index in [2.05, 4.69) is 8.37 Å². The van der Waals surface area contributed by atoms with Crippen LogP contribution >= 0.6 is 0 Å². The van der Waals surface area contributed by atoms with Crippen LogP contribution in [0.25, 0.3) is 0 Å². The third kappa shape index (κ3) is 6.32. The number of nitrogens with zero attached hydrogens (tertiary/aromatic N) is 2. The van der Waals surface area contributed by atoms with Gasteiger partial charge >= 0.3 is 32.5 Å². The standard InChI is InChI=1S/C16H20N2O12S2/c19-11-7-8-12(20)17(11)31(25,26)29-15(23)5-3-1-2-4-6-16(24)30-32(27,28)18-13(21)9-10-14(18)22/h1-10H2. The van der Waals surface area contributed by atoms with Crippen LogP contribution in [0.3, 0.4) is 0 Å². The number of unbranched alkanes of at least 4 members (excludes halogenated alkanes) is 3. The highest BCUT2D eigenvalue weighted by atomic mass is 32.2. The number of imide groups is 2. The number of hydrogen-bond acceptors (Lipinski definition) is 12. The Hall–Kier alpha value is -2.88. The van der Waals surface area contributed by atoms with E-state index in [9.17, 15) is 45.6 Å². The quantitative estimate of drug-likeness (QED) is 0.255. The van der Waals surface area contributed by atoms with Crippen LogP contribution in [0.5, 0.6) is 0 Å². The number of rotatable bonds is 11. The average molecular weight is 496 g/mol. The third-order valence-corrected chi connectivity index (χ3v) is 6.87. The fraction of sp³-hybridized carbons (Fsp3) is 0.625. The lowest BCUT2D eigenvalue weighted by molar-refractivity contribution is -0.138. The zero-order valence-corrected chi connectivity index (χ0v) is 18.3. The molecule has 32 heavy (non-hydrogen) atoms. The van der Waals surface area contributed by atoms with Gasteiger partial charge in [0.1, 0.15) is 0 Å². The molecule has 0 aromatic heterocycles. The minimum Gasteiger partial charge on any atom is -0.330 e. The molecular formula is C16H20N2O12S2. The summed E-state index contributed by atoms with van der Waals surface area (Å²) in [6.45, 7) is 0. The first kappa shape index (κ1) is 25.4. The molecule has 0 aliphatic carbocycles. The molecule has 0 N–H and O–H groups in total. The Balaban J connectivity index is 1.65. The van der Waals surface area contributed by atoms with Crippen molar-refractivity contribution >= 4 is 56.2 Å². The first-order valence-electron chi connectivity index (χ1n) is 9.51. The fourth-order valence-corrected chi connectivity index (χ4v) is 5.04. The van der Waals surface area contributed by atoms with Gasteiger partial charge in [0, 0.05) is 38.5 Å². The molecule has 0 radical (unpaired) electrons. The molecule has 0 atom stereocenters. The van der Waals surface area contributed by atoms with Crippen LogP contribution in [0.15, 0.2) is 0 Å². The number of carbonyl (C=O) groups is 6. The lowest BCUT2D eigenvalue weighted by Crippen LogP contribution is -2.38. The molecule has 2 heterocycles. The molecule has 0 saturated carbocycles. The Labute approximate surface area is 183 Å². The second-order valence-electron chi connectivity index (χ2n) is 6.84. The van der Waals surface area contributed by atoms with E-state index >= 15 is 0 Å². The van der Waals surface area contributed by atoms with E-state index in [1.165, 1.54) is 0 Å². The Morgan fingerprint density at radius 1 is 0.594 bits per heavy atom. The van der Waals surface area contributed by atoms with Crippen molar-refractivity contribution in [3.8, 4) is 0 Å². The third-order valence-electron chi connectivity index (χ3n) is 4.37. The van der Waals surface area contributed by atoms with Gasteiger partial charge < -0.3 is 8.37 Å². The van der Waals surface area contributed by atoms with E-state index in [0.717, 1.165) is 0 Å². The monoisotopic (exact) mass is 496 g/mol. The first-order valence-corrected chi connectivity index (χ1v) is 12.2. The van der Waals surface area contributed by atoms with Gasteiger partial charge in [-0.2, -0.15) is 16.8 Å². The summed E-state index contributed by atoms with van der Waals surface area (Å²) in [4.78, 5) is 69.0. The normalized spacial score (nSPS) is 17.2. The van der Waals surface area contributed by atoms with Gasteiger partial charge in [0.2, 0.25) is 23.6 Å². The van der Waals surface area contributed by atoms with Gasteiger partial charge in [-0.15, -0.1) is 8.61 Å². The summed E-state index contributed by atoms with van der Waals surface area (Å²) in [5.74, 6) is -6.23. The highest BCUT2D eigenvalue weighted by Gasteiger charge is 2.42. The van der Waals surface area contributed by atoms with Crippen molar-refractivity contribution in [3.05, 3.63) is 0 Å². The Morgan fingerprint density at radius 3 is 1.16 bits per heavy atom. The second-order valence-corrected chi connectivity index (χ2v) is 9.62. The van der Waals surface area contributed by atoms with Crippen molar-refractivity contribution in [2.75, 3.05) is 0 Å². The first-order chi connectivity index (χ1) is 14.8. The van der Waals surface area contributed by atoms with Crippen LogP contribution in [0.2, 0.25) is 0 Å².